The Morgan fingerprint density at radius 1 is 1.24 bits per heavy atom. The predicted octanol–water partition coefficient (Wildman–Crippen LogP) is 0.212. The summed E-state index contributed by atoms with van der Waals surface area (Å²) in [6, 6.07) is 5.71. The number of nitrogens with one attached hydrogen (secondary N) is 1. The number of sulfone groups is 1. The van der Waals surface area contributed by atoms with Gasteiger partial charge in [0.15, 0.2) is 0 Å². The zero-order valence-electron chi connectivity index (χ0n) is 15.5. The van der Waals surface area contributed by atoms with Crippen LogP contribution in [0.3, 0.4) is 0 Å². The number of carbonyl (C=O) groups excluding carboxylic acids is 1. The molecule has 0 spiro atoms. The van der Waals surface area contributed by atoms with E-state index < -0.39 is 37.6 Å². The topological polar surface area (TPSA) is 131 Å². The molecule has 1 aromatic heterocycles. The molecule has 0 atom stereocenters. The third-order valence-electron chi connectivity index (χ3n) is 4.68. The number of likely N-dealkylation sites (tertiary alicyclic amines) is 1. The fourth-order valence-corrected chi connectivity index (χ4v) is 6.09. The zero-order valence-corrected chi connectivity index (χ0v) is 17.9. The molecule has 158 valence electrons. The molecule has 1 fully saturated rings. The summed E-state index contributed by atoms with van der Waals surface area (Å²) in [6.07, 6.45) is 1.79. The molecule has 2 heterocycles. The Morgan fingerprint density at radius 3 is 2.52 bits per heavy atom. The van der Waals surface area contributed by atoms with Crippen molar-refractivity contribution in [3.05, 3.63) is 35.6 Å². The molecule has 1 amide bonds. The van der Waals surface area contributed by atoms with E-state index in [1.807, 2.05) is 0 Å². The molecule has 2 aromatic rings. The molecular weight excluding hydrogens is 442 g/mol. The Labute approximate surface area is 173 Å². The number of halogens is 1. The highest BCUT2D eigenvalue weighted by atomic mass is 35.5. The van der Waals surface area contributed by atoms with Crippen molar-refractivity contribution in [2.75, 3.05) is 19.6 Å². The van der Waals surface area contributed by atoms with E-state index in [0.717, 1.165) is 0 Å². The molecule has 0 bridgehead atoms. The number of hydrogen-bond donors (Lipinski definition) is 1. The highest BCUT2D eigenvalue weighted by molar-refractivity contribution is 7.91. The third kappa shape index (κ3) is 4.77. The number of aromatic nitrogens is 3. The molecule has 1 aliphatic rings. The molecule has 1 aliphatic heterocycles. The van der Waals surface area contributed by atoms with Gasteiger partial charge in [-0.05, 0) is 31.0 Å². The molecule has 10 nitrogen and oxygen atoms in total. The van der Waals surface area contributed by atoms with Crippen LogP contribution in [0.1, 0.15) is 12.8 Å². The summed E-state index contributed by atoms with van der Waals surface area (Å²) >= 11 is 5.81. The van der Waals surface area contributed by atoms with Crippen LogP contribution < -0.4 is 4.72 Å². The van der Waals surface area contributed by atoms with Gasteiger partial charge in [0.25, 0.3) is 0 Å². The standard InChI is InChI=1S/C16H20ClN5O5S2/c1-21-11-18-20-16(21)28(24,25)13-5-7-22(8-6-13)15(23)10-19-29(26,27)14-4-2-3-12(17)9-14/h2-4,9,11,13,19H,5-8,10H2,1H3. The number of nitrogens with zero attached hydrogens (tertiary/aromatic N) is 4. The van der Waals surface area contributed by atoms with E-state index >= 15 is 0 Å². The maximum Gasteiger partial charge on any atom is 0.249 e. The first-order valence-corrected chi connectivity index (χ1v) is 12.1. The summed E-state index contributed by atoms with van der Waals surface area (Å²) in [7, 11) is -5.97. The number of benzene rings is 1. The van der Waals surface area contributed by atoms with Crippen LogP contribution in [-0.4, -0.2) is 67.3 Å². The van der Waals surface area contributed by atoms with Gasteiger partial charge in [-0.15, -0.1) is 10.2 Å². The summed E-state index contributed by atoms with van der Waals surface area (Å²) in [5.74, 6) is -0.426. The third-order valence-corrected chi connectivity index (χ3v) is 8.54. The van der Waals surface area contributed by atoms with E-state index in [-0.39, 0.29) is 41.0 Å². The number of sulfonamides is 1. The second-order valence-corrected chi connectivity index (χ2v) is 11.0. The Kier molecular flexibility index (Phi) is 6.27. The molecule has 13 heteroatoms. The van der Waals surface area contributed by atoms with Crippen molar-refractivity contribution in [3.8, 4) is 0 Å². The molecule has 0 saturated carbocycles. The summed E-state index contributed by atoms with van der Waals surface area (Å²) in [5.41, 5.74) is 0. The van der Waals surface area contributed by atoms with Gasteiger partial charge < -0.3 is 9.47 Å². The highest BCUT2D eigenvalue weighted by Crippen LogP contribution is 2.23. The molecule has 3 rings (SSSR count). The number of amides is 1. The lowest BCUT2D eigenvalue weighted by atomic mass is 10.1. The van der Waals surface area contributed by atoms with Crippen molar-refractivity contribution in [3.63, 3.8) is 0 Å². The van der Waals surface area contributed by atoms with E-state index in [2.05, 4.69) is 14.9 Å². The summed E-state index contributed by atoms with van der Waals surface area (Å²) < 4.78 is 53.5. The summed E-state index contributed by atoms with van der Waals surface area (Å²) in [4.78, 5) is 13.8. The number of carbonyl (C=O) groups is 1. The first kappa shape index (κ1) is 21.7. The van der Waals surface area contributed by atoms with Crippen LogP contribution >= 0.6 is 11.6 Å². The Bertz CT molecular complexity index is 1110. The van der Waals surface area contributed by atoms with Crippen LogP contribution in [0, 0.1) is 0 Å². The van der Waals surface area contributed by atoms with Crippen LogP contribution in [-0.2, 0) is 31.7 Å². The van der Waals surface area contributed by atoms with Crippen LogP contribution in [0.5, 0.6) is 0 Å². The van der Waals surface area contributed by atoms with Crippen LogP contribution in [0.4, 0.5) is 0 Å². The first-order valence-electron chi connectivity index (χ1n) is 8.72. The molecule has 0 radical (unpaired) electrons. The van der Waals surface area contributed by atoms with Gasteiger partial charge in [0.05, 0.1) is 16.7 Å². The number of aryl methyl sites for hydroxylation is 1. The Balaban J connectivity index is 1.57. The summed E-state index contributed by atoms with van der Waals surface area (Å²) in [5, 5.41) is 6.77. The van der Waals surface area contributed by atoms with Crippen LogP contribution in [0.15, 0.2) is 40.6 Å². The molecule has 0 aliphatic carbocycles. The minimum atomic E-state index is -3.88. The van der Waals surface area contributed by atoms with E-state index in [1.54, 1.807) is 13.1 Å². The van der Waals surface area contributed by atoms with Crippen LogP contribution in [0.25, 0.3) is 0 Å². The number of piperidine rings is 1. The zero-order chi connectivity index (χ0) is 21.2. The largest absolute Gasteiger partial charge is 0.341 e. The molecule has 29 heavy (non-hydrogen) atoms. The van der Waals surface area contributed by atoms with Gasteiger partial charge in [-0.25, -0.2) is 21.6 Å². The number of rotatable bonds is 6. The summed E-state index contributed by atoms with van der Waals surface area (Å²) in [6.45, 7) is -0.00546. The molecule has 1 saturated heterocycles. The van der Waals surface area contributed by atoms with E-state index in [9.17, 15) is 21.6 Å². The van der Waals surface area contributed by atoms with Crippen molar-refractivity contribution in [1.29, 1.82) is 0 Å². The van der Waals surface area contributed by atoms with Gasteiger partial charge in [0.1, 0.15) is 6.33 Å². The van der Waals surface area contributed by atoms with E-state index in [1.165, 1.54) is 34.0 Å². The maximum atomic E-state index is 12.7. The lowest BCUT2D eigenvalue weighted by Crippen LogP contribution is -2.46. The molecule has 1 N–H and O–H groups in total. The lowest BCUT2D eigenvalue weighted by molar-refractivity contribution is -0.130. The fourth-order valence-electron chi connectivity index (χ4n) is 3.08. The van der Waals surface area contributed by atoms with Gasteiger partial charge in [-0.2, -0.15) is 0 Å². The lowest BCUT2D eigenvalue weighted by Gasteiger charge is -2.31. The van der Waals surface area contributed by atoms with Gasteiger partial charge in [0.2, 0.25) is 30.9 Å². The highest BCUT2D eigenvalue weighted by Gasteiger charge is 2.35. The quantitative estimate of drug-likeness (QED) is 0.650. The second-order valence-electron chi connectivity index (χ2n) is 6.63. The van der Waals surface area contributed by atoms with Crippen molar-refractivity contribution >= 4 is 37.4 Å². The smallest absolute Gasteiger partial charge is 0.249 e. The average molecular weight is 462 g/mol. The second kappa shape index (κ2) is 8.38. The average Bonchev–Trinajstić information content (AvgIpc) is 3.13. The predicted molar refractivity (Wildman–Crippen MR) is 104 cm³/mol. The van der Waals surface area contributed by atoms with Crippen molar-refractivity contribution in [1.82, 2.24) is 24.4 Å². The van der Waals surface area contributed by atoms with Gasteiger partial charge >= 0.3 is 0 Å². The van der Waals surface area contributed by atoms with Gasteiger partial charge in [0, 0.05) is 25.2 Å². The molecule has 1 aromatic carbocycles. The fraction of sp³-hybridized carbons (Fsp3) is 0.438. The molecular formula is C16H20ClN5O5S2. The normalized spacial score (nSPS) is 16.1. The van der Waals surface area contributed by atoms with Crippen molar-refractivity contribution < 1.29 is 21.6 Å². The SMILES string of the molecule is Cn1cnnc1S(=O)(=O)C1CCN(C(=O)CNS(=O)(=O)c2cccc(Cl)c2)CC1. The Morgan fingerprint density at radius 2 is 1.93 bits per heavy atom. The van der Waals surface area contributed by atoms with Crippen LogP contribution in [0.2, 0.25) is 5.02 Å². The number of hydrogen-bond acceptors (Lipinski definition) is 7. The van der Waals surface area contributed by atoms with Gasteiger partial charge in [-0.1, -0.05) is 17.7 Å². The maximum absolute atomic E-state index is 12.7. The van der Waals surface area contributed by atoms with Crippen molar-refractivity contribution in [2.24, 2.45) is 7.05 Å². The first-order chi connectivity index (χ1) is 13.6. The minimum Gasteiger partial charge on any atom is -0.341 e. The Hall–Kier alpha value is -2.02. The van der Waals surface area contributed by atoms with E-state index in [0.29, 0.717) is 0 Å². The van der Waals surface area contributed by atoms with E-state index in [4.69, 9.17) is 11.6 Å². The van der Waals surface area contributed by atoms with Crippen molar-refractivity contribution in [2.45, 2.75) is 28.1 Å². The van der Waals surface area contributed by atoms with Gasteiger partial charge in [-0.3, -0.25) is 4.79 Å². The minimum absolute atomic E-state index is 0.0359. The molecule has 0 unspecified atom stereocenters. The monoisotopic (exact) mass is 461 g/mol.